The summed E-state index contributed by atoms with van der Waals surface area (Å²) in [5.41, 5.74) is 6.18. The second kappa shape index (κ2) is 4.43. The first kappa shape index (κ1) is 5.43. The number of rotatable bonds is 2. The largest absolute Gasteiger partial charge is 0.205 e. The number of hydrogen-bond acceptors (Lipinski definition) is 3. The first-order chi connectivity index (χ1) is 2.91. The molecule has 0 saturated carbocycles. The van der Waals surface area contributed by atoms with E-state index in [4.69, 9.17) is 5.53 Å². The molecule has 0 fully saturated rings. The highest BCUT2D eigenvalue weighted by molar-refractivity contribution is 7.79. The van der Waals surface area contributed by atoms with E-state index in [1.54, 1.807) is 0 Å². The zero-order valence-corrected chi connectivity index (χ0v) is 3.90. The fourth-order valence-electron chi connectivity index (χ4n) is 0.0782. The maximum atomic E-state index is 6.18. The molecule has 1 N–H and O–H groups in total. The van der Waals surface area contributed by atoms with Crippen LogP contribution in [0.1, 0.15) is 0 Å². The molecule has 0 aliphatic carbocycles. The summed E-state index contributed by atoms with van der Waals surface area (Å²) in [6.07, 6.45) is 2.83. The van der Waals surface area contributed by atoms with Crippen LogP contribution < -0.4 is 0 Å². The first-order valence-corrected chi connectivity index (χ1v) is 1.86. The molecule has 0 aliphatic heterocycles. The Hall–Kier alpha value is -0.570. The van der Waals surface area contributed by atoms with Crippen molar-refractivity contribution in [3.8, 4) is 0 Å². The van der Waals surface area contributed by atoms with Gasteiger partial charge in [-0.3, -0.25) is 0 Å². The van der Waals surface area contributed by atoms with Crippen LogP contribution in [-0.4, -0.2) is 5.37 Å². The van der Waals surface area contributed by atoms with Gasteiger partial charge in [0.25, 0.3) is 0 Å². The molecule has 0 rings (SSSR count). The second-order valence-corrected chi connectivity index (χ2v) is 0.879. The van der Waals surface area contributed by atoms with Gasteiger partial charge in [0, 0.05) is 11.6 Å². The van der Waals surface area contributed by atoms with Crippen molar-refractivity contribution in [1.82, 2.24) is 0 Å². The minimum Gasteiger partial charge on any atom is -0.205 e. The number of nitrogens with zero attached hydrogens (tertiary/aromatic N) is 1. The van der Waals surface area contributed by atoms with Crippen molar-refractivity contribution in [2.75, 3.05) is 0 Å². The van der Waals surface area contributed by atoms with Gasteiger partial charge in [-0.1, -0.05) is 12.2 Å². The van der Waals surface area contributed by atoms with E-state index in [-0.39, 0.29) is 0 Å². The standard InChI is InChI=1S/C3H4N2S/c4-5-2-1-3-6/h1-4H. The summed E-state index contributed by atoms with van der Waals surface area (Å²) in [6, 6.07) is 0. The zero-order chi connectivity index (χ0) is 4.83. The van der Waals surface area contributed by atoms with E-state index in [2.05, 4.69) is 17.3 Å². The summed E-state index contributed by atoms with van der Waals surface area (Å²) >= 11 is 4.36. The molecular weight excluding hydrogens is 96.1 g/mol. The van der Waals surface area contributed by atoms with E-state index < -0.39 is 0 Å². The van der Waals surface area contributed by atoms with Crippen LogP contribution in [0.25, 0.3) is 0 Å². The summed E-state index contributed by atoms with van der Waals surface area (Å²) < 4.78 is 0. The minimum atomic E-state index is 1.31. The number of thiocarbonyl (C=S) groups is 1. The van der Waals surface area contributed by atoms with E-state index >= 15 is 0 Å². The Morgan fingerprint density at radius 3 is 2.50 bits per heavy atom. The molecule has 0 aliphatic rings. The van der Waals surface area contributed by atoms with Gasteiger partial charge in [-0.25, -0.2) is 5.53 Å². The number of allylic oxidation sites excluding steroid dienone is 1. The third-order valence-corrected chi connectivity index (χ3v) is 0.396. The monoisotopic (exact) mass is 100 g/mol. The summed E-state index contributed by atoms with van der Waals surface area (Å²) in [7, 11) is 0. The minimum absolute atomic E-state index is 1.31. The van der Waals surface area contributed by atoms with Crippen LogP contribution in [0.15, 0.2) is 17.4 Å². The molecule has 0 aromatic carbocycles. The molecule has 0 radical (unpaired) electrons. The predicted octanol–water partition coefficient (Wildman–Crippen LogP) is 1.53. The average molecular weight is 100 g/mol. The summed E-state index contributed by atoms with van der Waals surface area (Å²) in [5, 5.41) is 4.30. The van der Waals surface area contributed by atoms with E-state index in [1.807, 2.05) is 0 Å². The lowest BCUT2D eigenvalue weighted by Gasteiger charge is -1.58. The van der Waals surface area contributed by atoms with Crippen molar-refractivity contribution in [3.63, 3.8) is 0 Å². The molecule has 0 heterocycles. The quantitative estimate of drug-likeness (QED) is 0.319. The van der Waals surface area contributed by atoms with Gasteiger partial charge in [0.1, 0.15) is 0 Å². The summed E-state index contributed by atoms with van der Waals surface area (Å²) in [6.45, 7) is 0. The molecule has 0 saturated heterocycles. The normalized spacial score (nSPS) is 8.67. The molecule has 0 aromatic rings. The highest BCUT2D eigenvalue weighted by Crippen LogP contribution is 1.65. The Morgan fingerprint density at radius 2 is 2.33 bits per heavy atom. The molecule has 0 aromatic heterocycles. The highest BCUT2D eigenvalue weighted by Gasteiger charge is 1.50. The van der Waals surface area contributed by atoms with Gasteiger partial charge < -0.3 is 0 Å². The lowest BCUT2D eigenvalue weighted by molar-refractivity contribution is 1.14. The molecular formula is C3H4N2S. The van der Waals surface area contributed by atoms with Gasteiger partial charge in [0.05, 0.1) is 0 Å². The van der Waals surface area contributed by atoms with Crippen LogP contribution in [0.5, 0.6) is 0 Å². The highest BCUT2D eigenvalue weighted by atomic mass is 32.1. The topological polar surface area (TPSA) is 36.2 Å². The van der Waals surface area contributed by atoms with E-state index in [1.165, 1.54) is 17.6 Å². The number of nitrogens with one attached hydrogen (secondary N) is 1. The Bertz CT molecular complexity index is 66.9. The third kappa shape index (κ3) is 3.43. The van der Waals surface area contributed by atoms with E-state index in [0.29, 0.717) is 0 Å². The predicted molar refractivity (Wildman–Crippen MR) is 27.9 cm³/mol. The van der Waals surface area contributed by atoms with Crippen molar-refractivity contribution in [2.24, 2.45) is 5.11 Å². The van der Waals surface area contributed by atoms with Gasteiger partial charge in [0.15, 0.2) is 0 Å². The average Bonchev–Trinajstić information content (AvgIpc) is 1.61. The third-order valence-electron chi connectivity index (χ3n) is 0.239. The van der Waals surface area contributed by atoms with Gasteiger partial charge in [0.2, 0.25) is 0 Å². The fraction of sp³-hybridized carbons (Fsp3) is 0. The van der Waals surface area contributed by atoms with E-state index in [0.717, 1.165) is 0 Å². The zero-order valence-electron chi connectivity index (χ0n) is 3.09. The molecule has 0 bridgehead atoms. The molecule has 6 heavy (non-hydrogen) atoms. The molecule has 0 spiro atoms. The second-order valence-electron chi connectivity index (χ2n) is 0.607. The lowest BCUT2D eigenvalue weighted by Crippen LogP contribution is -1.47. The first-order valence-electron chi connectivity index (χ1n) is 1.38. The van der Waals surface area contributed by atoms with Gasteiger partial charge in [-0.15, -0.1) is 0 Å². The SMILES string of the molecule is N=NC=CC=S. The van der Waals surface area contributed by atoms with Crippen LogP contribution in [0.2, 0.25) is 0 Å². The van der Waals surface area contributed by atoms with Crippen molar-refractivity contribution in [2.45, 2.75) is 0 Å². The summed E-state index contributed by atoms with van der Waals surface area (Å²) in [5.74, 6) is 0. The Balaban J connectivity index is 3.17. The van der Waals surface area contributed by atoms with Crippen molar-refractivity contribution >= 4 is 17.6 Å². The molecule has 32 valence electrons. The van der Waals surface area contributed by atoms with Crippen LogP contribution in [0.4, 0.5) is 0 Å². The molecule has 3 heteroatoms. The number of hydrogen-bond donors (Lipinski definition) is 1. The molecule has 0 amide bonds. The maximum absolute atomic E-state index is 6.18. The van der Waals surface area contributed by atoms with Crippen molar-refractivity contribution in [3.05, 3.63) is 12.3 Å². The van der Waals surface area contributed by atoms with Crippen LogP contribution in [0.3, 0.4) is 0 Å². The Kier molecular flexibility index (Phi) is 4.01. The molecule has 0 unspecified atom stereocenters. The smallest absolute Gasteiger partial charge is 0.0497 e. The van der Waals surface area contributed by atoms with E-state index in [9.17, 15) is 0 Å². The van der Waals surface area contributed by atoms with Crippen molar-refractivity contribution in [1.29, 1.82) is 5.53 Å². The lowest BCUT2D eigenvalue weighted by atomic mass is 10.7. The Labute approximate surface area is 41.4 Å². The van der Waals surface area contributed by atoms with Crippen LogP contribution >= 0.6 is 12.2 Å². The Morgan fingerprint density at radius 1 is 1.67 bits per heavy atom. The maximum Gasteiger partial charge on any atom is 0.0497 e. The molecule has 2 nitrogen and oxygen atoms in total. The van der Waals surface area contributed by atoms with Crippen molar-refractivity contribution < 1.29 is 0 Å². The molecule has 0 atom stereocenters. The van der Waals surface area contributed by atoms with Crippen LogP contribution in [-0.2, 0) is 0 Å². The van der Waals surface area contributed by atoms with Gasteiger partial charge >= 0.3 is 0 Å². The van der Waals surface area contributed by atoms with Crippen LogP contribution in [0, 0.1) is 5.53 Å². The summed E-state index contributed by atoms with van der Waals surface area (Å²) in [4.78, 5) is 0. The van der Waals surface area contributed by atoms with Gasteiger partial charge in [-0.2, -0.15) is 5.11 Å². The van der Waals surface area contributed by atoms with Gasteiger partial charge in [-0.05, 0) is 6.08 Å². The fourth-order valence-corrected chi connectivity index (χ4v) is 0.148.